The standard InChI is InChI=1S/C28H50O3S/c1-4-17-28(31-24-27-19-13-11-14-20-27)25-30-21-16-23-32(29)22-15-10-8-6-5-7-9-12-18-26(2)3/h11,13-14,19-20,26,28H,4-10,12,15-18,21-25H2,1-3H3. The molecule has 0 amide bonds. The van der Waals surface area contributed by atoms with Crippen molar-refractivity contribution < 1.29 is 14.0 Å². The molecule has 4 heteroatoms. The summed E-state index contributed by atoms with van der Waals surface area (Å²) in [4.78, 5) is 0. The maximum atomic E-state index is 12.2. The first kappa shape index (κ1) is 29.5. The van der Waals surface area contributed by atoms with Crippen LogP contribution in [0.1, 0.15) is 103 Å². The molecule has 1 aromatic rings. The highest BCUT2D eigenvalue weighted by Crippen LogP contribution is 2.13. The molecule has 0 aliphatic carbocycles. The monoisotopic (exact) mass is 466 g/mol. The summed E-state index contributed by atoms with van der Waals surface area (Å²) in [5, 5.41) is 0. The van der Waals surface area contributed by atoms with E-state index in [0.29, 0.717) is 19.8 Å². The van der Waals surface area contributed by atoms with E-state index < -0.39 is 11.2 Å². The first-order valence-corrected chi connectivity index (χ1v) is 14.7. The van der Waals surface area contributed by atoms with Gasteiger partial charge in [-0.3, -0.25) is 0 Å². The molecule has 0 saturated heterocycles. The fourth-order valence-electron chi connectivity index (χ4n) is 3.84. The summed E-state index contributed by atoms with van der Waals surface area (Å²) in [6.45, 7) is 8.74. The zero-order valence-electron chi connectivity index (χ0n) is 21.2. The van der Waals surface area contributed by atoms with Crippen LogP contribution in [0.15, 0.2) is 30.3 Å². The predicted octanol–water partition coefficient (Wildman–Crippen LogP) is 7.69. The van der Waals surface area contributed by atoms with Gasteiger partial charge in [-0.25, -0.2) is 0 Å². The van der Waals surface area contributed by atoms with Gasteiger partial charge in [0.2, 0.25) is 0 Å². The van der Waals surface area contributed by atoms with Gasteiger partial charge in [0, 0.05) is 6.42 Å². The Hall–Kier alpha value is -0.550. The van der Waals surface area contributed by atoms with Gasteiger partial charge in [0.05, 0.1) is 25.9 Å². The molecule has 2 atom stereocenters. The lowest BCUT2D eigenvalue weighted by atomic mass is 10.0. The maximum absolute atomic E-state index is 12.2. The molecule has 0 spiro atoms. The molecule has 0 bridgehead atoms. The van der Waals surface area contributed by atoms with Crippen LogP contribution in [0.4, 0.5) is 0 Å². The lowest BCUT2D eigenvalue weighted by Gasteiger charge is -2.18. The third kappa shape index (κ3) is 17.9. The number of rotatable bonds is 22. The van der Waals surface area contributed by atoms with E-state index in [1.54, 1.807) is 0 Å². The smallest absolute Gasteiger partial charge is 0.107 e. The molecular weight excluding hydrogens is 416 g/mol. The van der Waals surface area contributed by atoms with Crippen molar-refractivity contribution >= 4 is 11.2 Å². The van der Waals surface area contributed by atoms with Crippen molar-refractivity contribution in [3.8, 4) is 0 Å². The van der Waals surface area contributed by atoms with Gasteiger partial charge in [-0.1, -0.05) is 114 Å². The number of ether oxygens (including phenoxy) is 2. The van der Waals surface area contributed by atoms with E-state index in [1.807, 2.05) is 18.2 Å². The number of hydrogen-bond acceptors (Lipinski definition) is 3. The van der Waals surface area contributed by atoms with Crippen LogP contribution in [0, 0.1) is 5.92 Å². The van der Waals surface area contributed by atoms with E-state index in [0.717, 1.165) is 43.1 Å². The maximum Gasteiger partial charge on any atom is 0.107 e. The van der Waals surface area contributed by atoms with Crippen LogP contribution in [-0.4, -0.2) is 35.4 Å². The molecule has 32 heavy (non-hydrogen) atoms. The summed E-state index contributed by atoms with van der Waals surface area (Å²) >= 11 is -0.693. The molecule has 2 unspecified atom stereocenters. The normalized spacial score (nSPS) is 13.5. The molecule has 0 N–H and O–H groups in total. The van der Waals surface area contributed by atoms with E-state index >= 15 is 0 Å². The molecule has 186 valence electrons. The van der Waals surface area contributed by atoms with Gasteiger partial charge in [0.15, 0.2) is 0 Å². The summed E-state index contributed by atoms with van der Waals surface area (Å²) < 4.78 is 24.1. The van der Waals surface area contributed by atoms with Crippen molar-refractivity contribution in [3.05, 3.63) is 35.9 Å². The Balaban J connectivity index is 1.93. The predicted molar refractivity (Wildman–Crippen MR) is 140 cm³/mol. The molecule has 3 nitrogen and oxygen atoms in total. The molecule has 0 aliphatic rings. The van der Waals surface area contributed by atoms with Crippen molar-refractivity contribution in [1.82, 2.24) is 0 Å². The second kappa shape index (κ2) is 21.0. The van der Waals surface area contributed by atoms with Crippen molar-refractivity contribution in [2.24, 2.45) is 5.92 Å². The Bertz CT molecular complexity index is 509. The molecule has 0 heterocycles. The van der Waals surface area contributed by atoms with E-state index in [4.69, 9.17) is 9.47 Å². The Morgan fingerprint density at radius 3 is 2.09 bits per heavy atom. The van der Waals surface area contributed by atoms with Crippen LogP contribution < -0.4 is 0 Å². The van der Waals surface area contributed by atoms with Crippen LogP contribution in [0.5, 0.6) is 0 Å². The minimum absolute atomic E-state index is 0.140. The average Bonchev–Trinajstić information content (AvgIpc) is 2.78. The first-order chi connectivity index (χ1) is 15.6. The summed E-state index contributed by atoms with van der Waals surface area (Å²) in [5.74, 6) is 2.46. The Labute approximate surface area is 202 Å². The molecule has 0 aromatic heterocycles. The molecule has 1 aromatic carbocycles. The van der Waals surface area contributed by atoms with Crippen molar-refractivity contribution in [3.63, 3.8) is 0 Å². The molecule has 1 rings (SSSR count). The largest absolute Gasteiger partial charge is 0.616 e. The van der Waals surface area contributed by atoms with E-state index in [2.05, 4.69) is 32.9 Å². The Morgan fingerprint density at radius 1 is 0.812 bits per heavy atom. The Kier molecular flexibility index (Phi) is 19.4. The Morgan fingerprint density at radius 2 is 1.44 bits per heavy atom. The number of unbranched alkanes of at least 4 members (excludes halogenated alkanes) is 7. The van der Waals surface area contributed by atoms with E-state index in [-0.39, 0.29) is 6.10 Å². The second-order valence-electron chi connectivity index (χ2n) is 9.49. The summed E-state index contributed by atoms with van der Waals surface area (Å²) in [7, 11) is 0. The van der Waals surface area contributed by atoms with Crippen molar-refractivity contribution in [1.29, 1.82) is 0 Å². The SMILES string of the molecule is CCCC(COCCC[S+]([O-])CCCCCCCCCCC(C)C)OCc1ccccc1. The van der Waals surface area contributed by atoms with Crippen LogP contribution in [-0.2, 0) is 27.3 Å². The summed E-state index contributed by atoms with van der Waals surface area (Å²) in [5.41, 5.74) is 1.20. The minimum atomic E-state index is -0.693. The number of benzene rings is 1. The van der Waals surface area contributed by atoms with E-state index in [1.165, 1.54) is 56.9 Å². The quantitative estimate of drug-likeness (QED) is 0.130. The van der Waals surface area contributed by atoms with E-state index in [9.17, 15) is 4.55 Å². The fraction of sp³-hybridized carbons (Fsp3) is 0.786. The number of hydrogen-bond donors (Lipinski definition) is 0. The topological polar surface area (TPSA) is 41.5 Å². The van der Waals surface area contributed by atoms with Crippen molar-refractivity contribution in [2.45, 2.75) is 111 Å². The van der Waals surface area contributed by atoms with Crippen LogP contribution in [0.3, 0.4) is 0 Å². The van der Waals surface area contributed by atoms with Crippen LogP contribution >= 0.6 is 0 Å². The summed E-state index contributed by atoms with van der Waals surface area (Å²) in [6.07, 6.45) is 15.0. The highest BCUT2D eigenvalue weighted by atomic mass is 32.2. The molecule has 0 fully saturated rings. The fourth-order valence-corrected chi connectivity index (χ4v) is 5.01. The van der Waals surface area contributed by atoms with Crippen LogP contribution in [0.25, 0.3) is 0 Å². The third-order valence-electron chi connectivity index (χ3n) is 5.81. The molecule has 0 radical (unpaired) electrons. The molecule has 0 saturated carbocycles. The lowest BCUT2D eigenvalue weighted by Crippen LogP contribution is -2.21. The van der Waals surface area contributed by atoms with Gasteiger partial charge in [0.25, 0.3) is 0 Å². The highest BCUT2D eigenvalue weighted by Gasteiger charge is 2.10. The first-order valence-electron chi connectivity index (χ1n) is 13.2. The molecule has 0 aliphatic heterocycles. The highest BCUT2D eigenvalue weighted by molar-refractivity contribution is 7.91. The zero-order valence-corrected chi connectivity index (χ0v) is 22.0. The van der Waals surface area contributed by atoms with Gasteiger partial charge in [0.1, 0.15) is 11.5 Å². The molecular formula is C28H50O3S. The average molecular weight is 467 g/mol. The third-order valence-corrected chi connectivity index (χ3v) is 7.30. The van der Waals surface area contributed by atoms with Crippen LogP contribution in [0.2, 0.25) is 0 Å². The van der Waals surface area contributed by atoms with Gasteiger partial charge in [-0.2, -0.15) is 0 Å². The minimum Gasteiger partial charge on any atom is -0.616 e. The van der Waals surface area contributed by atoms with Gasteiger partial charge < -0.3 is 14.0 Å². The summed E-state index contributed by atoms with van der Waals surface area (Å²) in [6, 6.07) is 10.3. The lowest BCUT2D eigenvalue weighted by molar-refractivity contribution is -0.0286. The van der Waals surface area contributed by atoms with Gasteiger partial charge in [-0.15, -0.1) is 0 Å². The zero-order chi connectivity index (χ0) is 23.3. The van der Waals surface area contributed by atoms with Gasteiger partial charge in [-0.05, 0) is 30.7 Å². The second-order valence-corrected chi connectivity index (χ2v) is 11.2. The van der Waals surface area contributed by atoms with Crippen molar-refractivity contribution in [2.75, 3.05) is 24.7 Å². The van der Waals surface area contributed by atoms with Gasteiger partial charge >= 0.3 is 0 Å².